The first-order chi connectivity index (χ1) is 11.5. The zero-order valence-electron chi connectivity index (χ0n) is 13.8. The summed E-state index contributed by atoms with van der Waals surface area (Å²) < 4.78 is 2.70. The number of aromatic amines is 1. The van der Waals surface area contributed by atoms with Gasteiger partial charge < -0.3 is 14.6 Å². The third kappa shape index (κ3) is 3.19. The van der Waals surface area contributed by atoms with Gasteiger partial charge in [-0.15, -0.1) is 0 Å². The van der Waals surface area contributed by atoms with E-state index in [1.165, 1.54) is 18.5 Å². The number of piperidine rings is 1. The molecule has 1 saturated heterocycles. The predicted molar refractivity (Wildman–Crippen MR) is 91.6 cm³/mol. The molecular formula is C16H21N5O2S. The zero-order valence-corrected chi connectivity index (χ0v) is 14.6. The number of aromatic hydroxyl groups is 1. The molecule has 24 heavy (non-hydrogen) atoms. The van der Waals surface area contributed by atoms with Gasteiger partial charge in [-0.3, -0.25) is 14.9 Å². The molecular weight excluding hydrogens is 326 g/mol. The van der Waals surface area contributed by atoms with Crippen LogP contribution in [0, 0.1) is 4.77 Å². The molecule has 0 atom stereocenters. The summed E-state index contributed by atoms with van der Waals surface area (Å²) in [6.45, 7) is 5.47. The Kier molecular flexibility index (Phi) is 4.66. The fourth-order valence-corrected chi connectivity index (χ4v) is 3.52. The lowest BCUT2D eigenvalue weighted by molar-refractivity contribution is 0.0709. The summed E-state index contributed by atoms with van der Waals surface area (Å²) in [5, 5.41) is 16.8. The van der Waals surface area contributed by atoms with Gasteiger partial charge >= 0.3 is 0 Å². The molecule has 3 heterocycles. The number of aromatic nitrogens is 4. The Morgan fingerprint density at radius 2 is 2.08 bits per heavy atom. The molecule has 128 valence electrons. The Bertz CT molecular complexity index is 790. The molecule has 0 aliphatic carbocycles. The standard InChI is InChI=1S/C16H21N5O2S/c1-10(2)21-14(18-19-16(21)24)11-3-5-20(6-4-11)15(23)12-7-13(22)9-17-8-12/h7-11,22H,3-6H2,1-2H3,(H,19,24). The van der Waals surface area contributed by atoms with Crippen LogP contribution in [0.25, 0.3) is 0 Å². The first kappa shape index (κ1) is 16.6. The minimum absolute atomic E-state index is 0.00297. The maximum Gasteiger partial charge on any atom is 0.255 e. The minimum Gasteiger partial charge on any atom is -0.506 e. The van der Waals surface area contributed by atoms with Gasteiger partial charge in [0.15, 0.2) is 4.77 Å². The number of hydrogen-bond donors (Lipinski definition) is 2. The van der Waals surface area contributed by atoms with Crippen molar-refractivity contribution in [3.05, 3.63) is 34.6 Å². The highest BCUT2D eigenvalue weighted by molar-refractivity contribution is 7.71. The average Bonchev–Trinajstić information content (AvgIpc) is 2.96. The van der Waals surface area contributed by atoms with Gasteiger partial charge in [-0.05, 0) is 45.0 Å². The molecule has 8 heteroatoms. The molecule has 0 unspecified atom stereocenters. The van der Waals surface area contributed by atoms with Crippen LogP contribution in [0.3, 0.4) is 0 Å². The van der Waals surface area contributed by atoms with Crippen molar-refractivity contribution in [3.8, 4) is 5.75 Å². The minimum atomic E-state index is -0.0976. The van der Waals surface area contributed by atoms with Crippen LogP contribution in [0.4, 0.5) is 0 Å². The molecule has 3 rings (SSSR count). The Balaban J connectivity index is 1.70. The molecule has 1 amide bonds. The second-order valence-corrected chi connectivity index (χ2v) is 6.74. The lowest BCUT2D eigenvalue weighted by Crippen LogP contribution is -2.38. The summed E-state index contributed by atoms with van der Waals surface area (Å²) in [7, 11) is 0. The number of carbonyl (C=O) groups is 1. The van der Waals surface area contributed by atoms with E-state index in [4.69, 9.17) is 12.2 Å². The quantitative estimate of drug-likeness (QED) is 0.834. The Morgan fingerprint density at radius 1 is 1.38 bits per heavy atom. The number of rotatable bonds is 3. The molecule has 0 saturated carbocycles. The van der Waals surface area contributed by atoms with Crippen molar-refractivity contribution in [1.82, 2.24) is 24.6 Å². The Hall–Kier alpha value is -2.22. The predicted octanol–water partition coefficient (Wildman–Crippen LogP) is 2.64. The van der Waals surface area contributed by atoms with E-state index in [9.17, 15) is 9.90 Å². The fourth-order valence-electron chi connectivity index (χ4n) is 3.17. The lowest BCUT2D eigenvalue weighted by atomic mass is 9.95. The van der Waals surface area contributed by atoms with Crippen molar-refractivity contribution < 1.29 is 9.90 Å². The second kappa shape index (κ2) is 6.72. The van der Waals surface area contributed by atoms with Gasteiger partial charge in [0.25, 0.3) is 5.91 Å². The van der Waals surface area contributed by atoms with Crippen molar-refractivity contribution in [2.24, 2.45) is 0 Å². The van der Waals surface area contributed by atoms with E-state index >= 15 is 0 Å². The van der Waals surface area contributed by atoms with Crippen molar-refractivity contribution >= 4 is 18.1 Å². The van der Waals surface area contributed by atoms with Gasteiger partial charge in [0.05, 0.1) is 11.8 Å². The van der Waals surface area contributed by atoms with Gasteiger partial charge in [0, 0.05) is 31.2 Å². The largest absolute Gasteiger partial charge is 0.506 e. The van der Waals surface area contributed by atoms with Crippen LogP contribution in [0.2, 0.25) is 0 Å². The van der Waals surface area contributed by atoms with Gasteiger partial charge in [-0.1, -0.05) is 0 Å². The van der Waals surface area contributed by atoms with Crippen LogP contribution in [-0.4, -0.2) is 48.8 Å². The van der Waals surface area contributed by atoms with E-state index in [1.807, 2.05) is 0 Å². The number of nitrogens with one attached hydrogen (secondary N) is 1. The van der Waals surface area contributed by atoms with Crippen molar-refractivity contribution in [2.75, 3.05) is 13.1 Å². The van der Waals surface area contributed by atoms with Crippen molar-refractivity contribution in [3.63, 3.8) is 0 Å². The smallest absolute Gasteiger partial charge is 0.255 e. The number of amides is 1. The molecule has 7 nitrogen and oxygen atoms in total. The van der Waals surface area contributed by atoms with Crippen LogP contribution < -0.4 is 0 Å². The number of pyridine rings is 1. The van der Waals surface area contributed by atoms with Gasteiger partial charge in [0.2, 0.25) is 0 Å². The van der Waals surface area contributed by atoms with E-state index in [0.29, 0.717) is 23.4 Å². The normalized spacial score (nSPS) is 15.9. The van der Waals surface area contributed by atoms with E-state index in [-0.39, 0.29) is 23.6 Å². The highest BCUT2D eigenvalue weighted by Gasteiger charge is 2.28. The first-order valence-corrected chi connectivity index (χ1v) is 8.48. The Morgan fingerprint density at radius 3 is 2.71 bits per heavy atom. The summed E-state index contributed by atoms with van der Waals surface area (Å²) in [5.41, 5.74) is 0.415. The number of H-pyrrole nitrogens is 1. The molecule has 0 radical (unpaired) electrons. The SMILES string of the molecule is CC(C)n1c(C2CCN(C(=O)c3cncc(O)c3)CC2)n[nH]c1=S. The summed E-state index contributed by atoms with van der Waals surface area (Å²) in [6, 6.07) is 1.70. The highest BCUT2D eigenvalue weighted by atomic mass is 32.1. The summed E-state index contributed by atoms with van der Waals surface area (Å²) in [6.07, 6.45) is 4.48. The number of hydrogen-bond acceptors (Lipinski definition) is 5. The zero-order chi connectivity index (χ0) is 17.3. The monoisotopic (exact) mass is 347 g/mol. The third-order valence-corrected chi connectivity index (χ3v) is 4.65. The molecule has 1 fully saturated rings. The second-order valence-electron chi connectivity index (χ2n) is 6.35. The van der Waals surface area contributed by atoms with Crippen LogP contribution in [0.5, 0.6) is 5.75 Å². The summed E-state index contributed by atoms with van der Waals surface area (Å²) in [4.78, 5) is 18.2. The van der Waals surface area contributed by atoms with Crippen LogP contribution >= 0.6 is 12.2 Å². The van der Waals surface area contributed by atoms with Crippen LogP contribution in [-0.2, 0) is 0 Å². The van der Waals surface area contributed by atoms with Crippen molar-refractivity contribution in [1.29, 1.82) is 0 Å². The molecule has 1 aliphatic heterocycles. The van der Waals surface area contributed by atoms with Crippen LogP contribution in [0.15, 0.2) is 18.5 Å². The summed E-state index contributed by atoms with van der Waals surface area (Å²) in [5.74, 6) is 1.16. The first-order valence-electron chi connectivity index (χ1n) is 8.07. The maximum atomic E-state index is 12.5. The number of nitrogens with zero attached hydrogens (tertiary/aromatic N) is 4. The van der Waals surface area contributed by atoms with Crippen molar-refractivity contribution in [2.45, 2.75) is 38.6 Å². The number of carbonyl (C=O) groups excluding carboxylic acids is 1. The third-order valence-electron chi connectivity index (χ3n) is 4.37. The summed E-state index contributed by atoms with van der Waals surface area (Å²) >= 11 is 5.31. The lowest BCUT2D eigenvalue weighted by Gasteiger charge is -2.32. The molecule has 2 aromatic rings. The van der Waals surface area contributed by atoms with Gasteiger partial charge in [-0.25, -0.2) is 0 Å². The fraction of sp³-hybridized carbons (Fsp3) is 0.500. The van der Waals surface area contributed by atoms with E-state index in [0.717, 1.165) is 18.7 Å². The molecule has 0 aromatic carbocycles. The highest BCUT2D eigenvalue weighted by Crippen LogP contribution is 2.29. The molecule has 1 aliphatic rings. The molecule has 0 spiro atoms. The molecule has 0 bridgehead atoms. The van der Waals surface area contributed by atoms with Crippen LogP contribution in [0.1, 0.15) is 54.8 Å². The van der Waals surface area contributed by atoms with Gasteiger partial charge in [-0.2, -0.15) is 5.10 Å². The Labute approximate surface area is 145 Å². The molecule has 2 aromatic heterocycles. The average molecular weight is 347 g/mol. The molecule has 2 N–H and O–H groups in total. The van der Waals surface area contributed by atoms with Gasteiger partial charge in [0.1, 0.15) is 11.6 Å². The number of likely N-dealkylation sites (tertiary alicyclic amines) is 1. The van der Waals surface area contributed by atoms with E-state index in [2.05, 4.69) is 33.6 Å². The topological polar surface area (TPSA) is 87.0 Å². The van der Waals surface area contributed by atoms with E-state index in [1.54, 1.807) is 4.90 Å². The van der Waals surface area contributed by atoms with E-state index < -0.39 is 0 Å². The maximum absolute atomic E-state index is 12.5.